The van der Waals surface area contributed by atoms with E-state index in [1.807, 2.05) is 13.8 Å². The number of ether oxygens (including phenoxy) is 1. The third kappa shape index (κ3) is 5.47. The molecule has 26 heavy (non-hydrogen) atoms. The number of aliphatic hydroxyl groups excluding tert-OH is 1. The average molecular weight is 387 g/mol. The minimum absolute atomic E-state index is 0.00618. The highest BCUT2D eigenvalue weighted by atomic mass is 32.1. The Bertz CT molecular complexity index is 758. The molecule has 0 spiro atoms. The predicted octanol–water partition coefficient (Wildman–Crippen LogP) is 3.81. The molecule has 1 unspecified atom stereocenters. The fourth-order valence-electron chi connectivity index (χ4n) is 2.29. The van der Waals surface area contributed by atoms with Crippen molar-refractivity contribution in [3.05, 3.63) is 51.2 Å². The third-order valence-electron chi connectivity index (χ3n) is 3.67. The number of alkyl halides is 3. The van der Waals surface area contributed by atoms with Gasteiger partial charge in [-0.15, -0.1) is 11.3 Å². The van der Waals surface area contributed by atoms with Crippen LogP contribution in [0.5, 0.6) is 5.75 Å². The van der Waals surface area contributed by atoms with Gasteiger partial charge in [0.05, 0.1) is 10.4 Å². The fourth-order valence-corrected chi connectivity index (χ4v) is 3.32. The smallest absolute Gasteiger partial charge is 0.416 e. The zero-order chi connectivity index (χ0) is 19.3. The van der Waals surface area contributed by atoms with Gasteiger partial charge in [0.1, 0.15) is 18.5 Å². The van der Waals surface area contributed by atoms with Gasteiger partial charge in [-0.25, -0.2) is 0 Å². The molecule has 0 saturated heterocycles. The molecule has 1 aromatic carbocycles. The number of carbonyl (C=O) groups excluding carboxylic acids is 1. The number of benzene rings is 1. The molecule has 0 radical (unpaired) electrons. The highest BCUT2D eigenvalue weighted by Gasteiger charge is 2.30. The van der Waals surface area contributed by atoms with E-state index in [9.17, 15) is 23.1 Å². The van der Waals surface area contributed by atoms with Gasteiger partial charge in [-0.1, -0.05) is 13.0 Å². The van der Waals surface area contributed by atoms with Gasteiger partial charge >= 0.3 is 6.18 Å². The number of carbonyl (C=O) groups is 1. The Morgan fingerprint density at radius 2 is 2.08 bits per heavy atom. The number of rotatable bonds is 7. The number of aliphatic hydroxyl groups is 1. The van der Waals surface area contributed by atoms with Crippen molar-refractivity contribution in [3.63, 3.8) is 0 Å². The zero-order valence-electron chi connectivity index (χ0n) is 14.4. The van der Waals surface area contributed by atoms with Crippen molar-refractivity contribution in [1.82, 2.24) is 5.32 Å². The molecular formula is C18H20F3NO3S. The number of hydrogen-bond acceptors (Lipinski definition) is 4. The minimum Gasteiger partial charge on any atom is -0.491 e. The maximum absolute atomic E-state index is 12.6. The number of aryl methyl sites for hydroxylation is 2. The number of halogens is 3. The van der Waals surface area contributed by atoms with E-state index in [1.54, 1.807) is 6.07 Å². The lowest BCUT2D eigenvalue weighted by Crippen LogP contribution is -2.35. The third-order valence-corrected chi connectivity index (χ3v) is 5.05. The quantitative estimate of drug-likeness (QED) is 0.760. The van der Waals surface area contributed by atoms with Crippen LogP contribution in [-0.4, -0.2) is 30.3 Å². The van der Waals surface area contributed by atoms with Crippen LogP contribution in [0.3, 0.4) is 0 Å². The Labute approximate surface area is 153 Å². The Kier molecular flexibility index (Phi) is 6.66. The topological polar surface area (TPSA) is 58.6 Å². The summed E-state index contributed by atoms with van der Waals surface area (Å²) in [5.41, 5.74) is 0.230. The number of thiophene rings is 1. The monoisotopic (exact) mass is 387 g/mol. The Hall–Kier alpha value is -2.06. The number of nitrogens with one attached hydrogen (secondary N) is 1. The lowest BCUT2D eigenvalue weighted by Gasteiger charge is -2.14. The van der Waals surface area contributed by atoms with Gasteiger partial charge in [0, 0.05) is 11.4 Å². The summed E-state index contributed by atoms with van der Waals surface area (Å²) in [6, 6.07) is 6.21. The standard InChI is InChI=1S/C18H20F3NO3S/c1-3-15-11(2)7-16(26-15)17(24)22-9-13(23)10-25-14-6-4-5-12(8-14)18(19,20)21/h4-8,13,23H,3,9-10H2,1-2H3,(H,22,24). The van der Waals surface area contributed by atoms with Gasteiger partial charge in [-0.05, 0) is 43.2 Å². The second-order valence-corrected chi connectivity index (χ2v) is 6.91. The van der Waals surface area contributed by atoms with E-state index in [1.165, 1.54) is 23.5 Å². The molecule has 142 valence electrons. The number of hydrogen-bond donors (Lipinski definition) is 2. The minimum atomic E-state index is -4.46. The van der Waals surface area contributed by atoms with Gasteiger partial charge < -0.3 is 15.2 Å². The highest BCUT2D eigenvalue weighted by molar-refractivity contribution is 7.14. The van der Waals surface area contributed by atoms with Crippen LogP contribution in [-0.2, 0) is 12.6 Å². The molecule has 2 N–H and O–H groups in total. The van der Waals surface area contributed by atoms with Crippen LogP contribution in [0.1, 0.15) is 32.6 Å². The maximum atomic E-state index is 12.6. The molecule has 1 aromatic heterocycles. The summed E-state index contributed by atoms with van der Waals surface area (Å²) in [7, 11) is 0. The van der Waals surface area contributed by atoms with Crippen LogP contribution >= 0.6 is 11.3 Å². The molecule has 0 fully saturated rings. The van der Waals surface area contributed by atoms with Crippen molar-refractivity contribution in [1.29, 1.82) is 0 Å². The molecule has 0 aliphatic carbocycles. The van der Waals surface area contributed by atoms with E-state index in [4.69, 9.17) is 4.74 Å². The lowest BCUT2D eigenvalue weighted by atomic mass is 10.2. The average Bonchev–Trinajstić information content (AvgIpc) is 2.98. The van der Waals surface area contributed by atoms with E-state index in [0.29, 0.717) is 4.88 Å². The summed E-state index contributed by atoms with van der Waals surface area (Å²) in [4.78, 5) is 13.8. The van der Waals surface area contributed by atoms with E-state index >= 15 is 0 Å². The van der Waals surface area contributed by atoms with E-state index in [2.05, 4.69) is 5.32 Å². The molecule has 0 saturated carbocycles. The second-order valence-electron chi connectivity index (χ2n) is 5.77. The first-order valence-corrected chi connectivity index (χ1v) is 8.88. The molecule has 1 amide bonds. The molecular weight excluding hydrogens is 367 g/mol. The second kappa shape index (κ2) is 8.55. The summed E-state index contributed by atoms with van der Waals surface area (Å²) >= 11 is 1.40. The predicted molar refractivity (Wildman–Crippen MR) is 93.7 cm³/mol. The van der Waals surface area contributed by atoms with E-state index < -0.39 is 17.8 Å². The summed E-state index contributed by atoms with van der Waals surface area (Å²) < 4.78 is 43.1. The summed E-state index contributed by atoms with van der Waals surface area (Å²) in [5.74, 6) is -0.289. The first-order chi connectivity index (χ1) is 12.2. The van der Waals surface area contributed by atoms with E-state index in [0.717, 1.165) is 29.0 Å². The fraction of sp³-hybridized carbons (Fsp3) is 0.389. The molecule has 1 atom stereocenters. The van der Waals surface area contributed by atoms with Gasteiger partial charge in [0.2, 0.25) is 0 Å². The molecule has 8 heteroatoms. The van der Waals surface area contributed by atoms with Crippen molar-refractivity contribution in [2.24, 2.45) is 0 Å². The lowest BCUT2D eigenvalue weighted by molar-refractivity contribution is -0.137. The van der Waals surface area contributed by atoms with Crippen molar-refractivity contribution in [2.45, 2.75) is 32.5 Å². The van der Waals surface area contributed by atoms with Crippen LogP contribution in [0.25, 0.3) is 0 Å². The maximum Gasteiger partial charge on any atom is 0.416 e. The molecule has 0 aliphatic rings. The first-order valence-electron chi connectivity index (χ1n) is 8.06. The van der Waals surface area contributed by atoms with Crippen molar-refractivity contribution < 1.29 is 27.8 Å². The summed E-state index contributed by atoms with van der Waals surface area (Å²) in [6.45, 7) is 3.65. The molecule has 4 nitrogen and oxygen atoms in total. The Balaban J connectivity index is 1.83. The molecule has 2 aromatic rings. The SMILES string of the molecule is CCc1sc(C(=O)NCC(O)COc2cccc(C(F)(F)F)c2)cc1C. The van der Waals surface area contributed by atoms with Crippen LogP contribution in [0.15, 0.2) is 30.3 Å². The van der Waals surface area contributed by atoms with Crippen molar-refractivity contribution in [3.8, 4) is 5.75 Å². The van der Waals surface area contributed by atoms with Crippen LogP contribution in [0, 0.1) is 6.92 Å². The van der Waals surface area contributed by atoms with Crippen molar-refractivity contribution >= 4 is 17.2 Å². The normalized spacial score (nSPS) is 12.7. The summed E-state index contributed by atoms with van der Waals surface area (Å²) in [5, 5.41) is 12.5. The Morgan fingerprint density at radius 1 is 1.35 bits per heavy atom. The van der Waals surface area contributed by atoms with Crippen molar-refractivity contribution in [2.75, 3.05) is 13.2 Å². The van der Waals surface area contributed by atoms with Crippen LogP contribution in [0.2, 0.25) is 0 Å². The van der Waals surface area contributed by atoms with E-state index in [-0.39, 0.29) is 24.8 Å². The molecule has 2 rings (SSSR count). The van der Waals surface area contributed by atoms with Gasteiger partial charge in [-0.3, -0.25) is 4.79 Å². The van der Waals surface area contributed by atoms with Crippen LogP contribution in [0.4, 0.5) is 13.2 Å². The number of amides is 1. The van der Waals surface area contributed by atoms with Gasteiger partial charge in [0.25, 0.3) is 5.91 Å². The van der Waals surface area contributed by atoms with Crippen LogP contribution < -0.4 is 10.1 Å². The molecule has 0 aliphatic heterocycles. The highest BCUT2D eigenvalue weighted by Crippen LogP contribution is 2.31. The molecule has 0 bridgehead atoms. The van der Waals surface area contributed by atoms with Gasteiger partial charge in [-0.2, -0.15) is 13.2 Å². The Morgan fingerprint density at radius 3 is 2.69 bits per heavy atom. The van der Waals surface area contributed by atoms with Gasteiger partial charge in [0.15, 0.2) is 0 Å². The summed E-state index contributed by atoms with van der Waals surface area (Å²) in [6.07, 6.45) is -4.65. The largest absolute Gasteiger partial charge is 0.491 e. The molecule has 1 heterocycles. The first kappa shape index (κ1) is 20.3. The zero-order valence-corrected chi connectivity index (χ0v) is 15.2.